The molecule has 0 aromatic carbocycles. The van der Waals surface area contributed by atoms with Crippen molar-refractivity contribution in [1.82, 2.24) is 5.32 Å². The van der Waals surface area contributed by atoms with Crippen molar-refractivity contribution >= 4 is 11.9 Å². The minimum absolute atomic E-state index is 0.00189. The van der Waals surface area contributed by atoms with Gasteiger partial charge in [-0.25, -0.2) is 0 Å². The lowest BCUT2D eigenvalue weighted by Crippen LogP contribution is -2.36. The van der Waals surface area contributed by atoms with Crippen LogP contribution in [-0.2, 0) is 9.59 Å². The normalized spacial score (nSPS) is 25.0. The number of carbonyl (C=O) groups is 2. The van der Waals surface area contributed by atoms with Crippen molar-refractivity contribution in [2.24, 2.45) is 17.3 Å². The fraction of sp³-hybridized carbons (Fsp3) is 0.875. The summed E-state index contributed by atoms with van der Waals surface area (Å²) in [5, 5.41) is 11.5. The molecular weight excluding hydrogens is 254 g/mol. The third-order valence-electron chi connectivity index (χ3n) is 4.43. The molecule has 20 heavy (non-hydrogen) atoms. The van der Waals surface area contributed by atoms with Gasteiger partial charge in [-0.15, -0.1) is 0 Å². The molecule has 4 nitrogen and oxygen atoms in total. The summed E-state index contributed by atoms with van der Waals surface area (Å²) in [6, 6.07) is -0.286. The van der Waals surface area contributed by atoms with Crippen LogP contribution in [0.5, 0.6) is 0 Å². The average molecular weight is 283 g/mol. The van der Waals surface area contributed by atoms with Gasteiger partial charge in [-0.1, -0.05) is 20.8 Å². The first-order valence-corrected chi connectivity index (χ1v) is 7.69. The van der Waals surface area contributed by atoms with E-state index in [0.29, 0.717) is 17.8 Å². The average Bonchev–Trinajstić information content (AvgIpc) is 2.26. The molecule has 1 saturated carbocycles. The first-order chi connectivity index (χ1) is 9.18. The maximum atomic E-state index is 11.9. The van der Waals surface area contributed by atoms with Gasteiger partial charge in [0.15, 0.2) is 0 Å². The van der Waals surface area contributed by atoms with E-state index >= 15 is 0 Å². The van der Waals surface area contributed by atoms with Crippen molar-refractivity contribution in [3.63, 3.8) is 0 Å². The highest BCUT2D eigenvalue weighted by Crippen LogP contribution is 2.40. The van der Waals surface area contributed by atoms with Crippen LogP contribution in [0, 0.1) is 17.3 Å². The number of hydrogen-bond acceptors (Lipinski definition) is 2. The fourth-order valence-electron chi connectivity index (χ4n) is 3.14. The minimum Gasteiger partial charge on any atom is -0.481 e. The molecule has 1 unspecified atom stereocenters. The van der Waals surface area contributed by atoms with E-state index in [0.717, 1.165) is 18.8 Å². The van der Waals surface area contributed by atoms with Gasteiger partial charge < -0.3 is 10.4 Å². The van der Waals surface area contributed by atoms with Crippen LogP contribution in [-0.4, -0.2) is 23.0 Å². The van der Waals surface area contributed by atoms with E-state index in [4.69, 9.17) is 5.11 Å². The Balaban J connectivity index is 2.29. The second-order valence-corrected chi connectivity index (χ2v) is 7.35. The lowest BCUT2D eigenvalue weighted by atomic mass is 9.69. The molecule has 0 radical (unpaired) electrons. The predicted octanol–water partition coefficient (Wildman–Crippen LogP) is 3.21. The Bertz CT molecular complexity index is 338. The molecule has 1 fully saturated rings. The number of carboxylic acids is 1. The Hall–Kier alpha value is -1.06. The molecule has 1 aliphatic rings. The zero-order chi connectivity index (χ0) is 15.3. The van der Waals surface area contributed by atoms with Crippen molar-refractivity contribution in [1.29, 1.82) is 0 Å². The smallest absolute Gasteiger partial charge is 0.305 e. The molecule has 2 N–H and O–H groups in total. The van der Waals surface area contributed by atoms with Crippen LogP contribution in [0.15, 0.2) is 0 Å². The first kappa shape index (κ1) is 17.0. The number of carbonyl (C=O) groups excluding carboxylic acids is 1. The highest BCUT2D eigenvalue weighted by molar-refractivity contribution is 5.77. The molecule has 1 rings (SSSR count). The van der Waals surface area contributed by atoms with Crippen molar-refractivity contribution < 1.29 is 14.7 Å². The van der Waals surface area contributed by atoms with Crippen molar-refractivity contribution in [3.05, 3.63) is 0 Å². The lowest BCUT2D eigenvalue weighted by molar-refractivity contribution is -0.137. The summed E-state index contributed by atoms with van der Waals surface area (Å²) < 4.78 is 0. The predicted molar refractivity (Wildman–Crippen MR) is 79.4 cm³/mol. The molecule has 0 saturated heterocycles. The molecule has 0 bridgehead atoms. The number of rotatable bonds is 5. The summed E-state index contributed by atoms with van der Waals surface area (Å²) in [4.78, 5) is 22.4. The van der Waals surface area contributed by atoms with E-state index in [9.17, 15) is 9.59 Å². The van der Waals surface area contributed by atoms with Crippen LogP contribution in [0.1, 0.15) is 66.2 Å². The second-order valence-electron chi connectivity index (χ2n) is 7.35. The van der Waals surface area contributed by atoms with Gasteiger partial charge in [0.25, 0.3) is 0 Å². The van der Waals surface area contributed by atoms with Gasteiger partial charge in [-0.3, -0.25) is 9.59 Å². The van der Waals surface area contributed by atoms with Gasteiger partial charge in [0.05, 0.1) is 6.42 Å². The zero-order valence-electron chi connectivity index (χ0n) is 13.2. The van der Waals surface area contributed by atoms with E-state index in [1.54, 1.807) is 6.92 Å². The SMILES string of the molecule is CC(CC(=O)O)NC(=O)CC1CCC(C(C)(C)C)CC1. The Morgan fingerprint density at radius 1 is 1.20 bits per heavy atom. The lowest BCUT2D eigenvalue weighted by Gasteiger charge is -2.36. The third-order valence-corrected chi connectivity index (χ3v) is 4.43. The van der Waals surface area contributed by atoms with Crippen LogP contribution in [0.4, 0.5) is 0 Å². The molecule has 1 atom stereocenters. The molecule has 0 aliphatic heterocycles. The van der Waals surface area contributed by atoms with Gasteiger partial charge in [-0.2, -0.15) is 0 Å². The molecule has 0 heterocycles. The van der Waals surface area contributed by atoms with Crippen LogP contribution in [0.2, 0.25) is 0 Å². The summed E-state index contributed by atoms with van der Waals surface area (Å²) in [6.07, 6.45) is 5.16. The van der Waals surface area contributed by atoms with Crippen molar-refractivity contribution in [3.8, 4) is 0 Å². The quantitative estimate of drug-likeness (QED) is 0.814. The highest BCUT2D eigenvalue weighted by atomic mass is 16.4. The van der Waals surface area contributed by atoms with Gasteiger partial charge >= 0.3 is 5.97 Å². The van der Waals surface area contributed by atoms with Crippen molar-refractivity contribution in [2.45, 2.75) is 72.3 Å². The summed E-state index contributed by atoms with van der Waals surface area (Å²) in [6.45, 7) is 8.61. The summed E-state index contributed by atoms with van der Waals surface area (Å²) in [5.41, 5.74) is 0.364. The monoisotopic (exact) mass is 283 g/mol. The third kappa shape index (κ3) is 5.93. The molecule has 0 spiro atoms. The minimum atomic E-state index is -0.872. The molecule has 1 aliphatic carbocycles. The summed E-state index contributed by atoms with van der Waals surface area (Å²) in [5.74, 6) is 0.347. The Labute approximate surface area is 122 Å². The molecule has 0 aromatic rings. The number of hydrogen-bond donors (Lipinski definition) is 2. The largest absolute Gasteiger partial charge is 0.481 e. The van der Waals surface area contributed by atoms with E-state index in [1.165, 1.54) is 12.8 Å². The number of carboxylic acid groups (broad SMARTS) is 1. The van der Waals surface area contributed by atoms with Gasteiger partial charge in [-0.05, 0) is 49.9 Å². The molecule has 0 aromatic heterocycles. The molecule has 1 amide bonds. The van der Waals surface area contributed by atoms with Gasteiger partial charge in [0, 0.05) is 12.5 Å². The van der Waals surface area contributed by atoms with E-state index in [1.807, 2.05) is 0 Å². The molecule has 116 valence electrons. The van der Waals surface area contributed by atoms with Gasteiger partial charge in [0.2, 0.25) is 5.91 Å². The van der Waals surface area contributed by atoms with Crippen LogP contribution in [0.25, 0.3) is 0 Å². The van der Waals surface area contributed by atoms with Crippen molar-refractivity contribution in [2.75, 3.05) is 0 Å². The van der Waals surface area contributed by atoms with E-state index in [2.05, 4.69) is 26.1 Å². The fourth-order valence-corrected chi connectivity index (χ4v) is 3.14. The van der Waals surface area contributed by atoms with Crippen LogP contribution < -0.4 is 5.32 Å². The standard InChI is InChI=1S/C16H29NO3/c1-11(9-15(19)20)17-14(18)10-12-5-7-13(8-6-12)16(2,3)4/h11-13H,5-10H2,1-4H3,(H,17,18)(H,19,20). The maximum Gasteiger partial charge on any atom is 0.305 e. The Kier molecular flexibility index (Phi) is 6.03. The summed E-state index contributed by atoms with van der Waals surface area (Å²) >= 11 is 0. The Morgan fingerprint density at radius 3 is 2.20 bits per heavy atom. The number of nitrogens with one attached hydrogen (secondary N) is 1. The number of amides is 1. The number of aliphatic carboxylic acids is 1. The molecule has 4 heteroatoms. The van der Waals surface area contributed by atoms with E-state index < -0.39 is 5.97 Å². The van der Waals surface area contributed by atoms with E-state index in [-0.39, 0.29) is 18.4 Å². The first-order valence-electron chi connectivity index (χ1n) is 7.69. The summed E-state index contributed by atoms with van der Waals surface area (Å²) in [7, 11) is 0. The topological polar surface area (TPSA) is 66.4 Å². The van der Waals surface area contributed by atoms with Crippen LogP contribution in [0.3, 0.4) is 0 Å². The Morgan fingerprint density at radius 2 is 1.75 bits per heavy atom. The van der Waals surface area contributed by atoms with Crippen LogP contribution >= 0.6 is 0 Å². The second kappa shape index (κ2) is 7.09. The highest BCUT2D eigenvalue weighted by Gasteiger charge is 2.30. The molecular formula is C16H29NO3. The van der Waals surface area contributed by atoms with Gasteiger partial charge in [0.1, 0.15) is 0 Å². The maximum absolute atomic E-state index is 11.9. The zero-order valence-corrected chi connectivity index (χ0v) is 13.2.